The first kappa shape index (κ1) is 46.9. The lowest BCUT2D eigenvalue weighted by molar-refractivity contribution is -0.123. The van der Waals surface area contributed by atoms with E-state index >= 15 is 0 Å². The molecule has 0 aromatic heterocycles. The van der Waals surface area contributed by atoms with E-state index in [4.69, 9.17) is 0 Å². The van der Waals surface area contributed by atoms with Crippen molar-refractivity contribution in [3.63, 3.8) is 0 Å². The molecule has 0 radical (unpaired) electrons. The molecule has 0 spiro atoms. The second kappa shape index (κ2) is 40.3. The van der Waals surface area contributed by atoms with Crippen molar-refractivity contribution in [3.8, 4) is 0 Å². The molecule has 0 fully saturated rings. The number of aliphatic hydroxyl groups excluding tert-OH is 2. The van der Waals surface area contributed by atoms with Crippen LogP contribution >= 0.6 is 0 Å². The number of hydrogen-bond donors (Lipinski definition) is 3. The summed E-state index contributed by atoms with van der Waals surface area (Å²) >= 11 is 0. The van der Waals surface area contributed by atoms with E-state index in [2.05, 4.69) is 31.3 Å². The lowest BCUT2D eigenvalue weighted by Gasteiger charge is -2.19. The van der Waals surface area contributed by atoms with Crippen LogP contribution in [0.2, 0.25) is 0 Å². The van der Waals surface area contributed by atoms with Crippen LogP contribution in [0, 0.1) is 0 Å². The average Bonchev–Trinajstić information content (AvgIpc) is 3.09. The first-order chi connectivity index (χ1) is 23.7. The Balaban J connectivity index is 3.37. The highest BCUT2D eigenvalue weighted by Crippen LogP contribution is 2.16. The van der Waals surface area contributed by atoms with E-state index < -0.39 is 12.1 Å². The van der Waals surface area contributed by atoms with Gasteiger partial charge >= 0.3 is 0 Å². The molecule has 0 heterocycles. The number of rotatable bonds is 39. The van der Waals surface area contributed by atoms with Crippen molar-refractivity contribution < 1.29 is 15.0 Å². The Kier molecular flexibility index (Phi) is 39.4. The number of allylic oxidation sites excluding steroid dienone is 3. The normalized spacial score (nSPS) is 13.2. The predicted octanol–water partition coefficient (Wildman–Crippen LogP) is 13.2. The number of amides is 1. The van der Waals surface area contributed by atoms with Gasteiger partial charge in [-0.2, -0.15) is 0 Å². The summed E-state index contributed by atoms with van der Waals surface area (Å²) in [6, 6.07) is -0.631. The van der Waals surface area contributed by atoms with Crippen LogP contribution in [-0.2, 0) is 4.79 Å². The monoisotopic (exact) mass is 676 g/mol. The summed E-state index contributed by atoms with van der Waals surface area (Å²) in [5, 5.41) is 22.6. The van der Waals surface area contributed by atoms with E-state index in [1.807, 2.05) is 6.08 Å². The van der Waals surface area contributed by atoms with Crippen molar-refractivity contribution in [1.82, 2.24) is 5.32 Å². The molecule has 0 saturated carbocycles. The minimum Gasteiger partial charge on any atom is -0.394 e. The smallest absolute Gasteiger partial charge is 0.220 e. The minimum atomic E-state index is -0.855. The number of unbranched alkanes of at least 4 members (excludes halogenated alkanes) is 30. The van der Waals surface area contributed by atoms with Crippen LogP contribution in [0.25, 0.3) is 0 Å². The van der Waals surface area contributed by atoms with E-state index in [0.29, 0.717) is 6.42 Å². The zero-order valence-corrected chi connectivity index (χ0v) is 32.5. The number of nitrogens with one attached hydrogen (secondary N) is 1. The molecule has 1 amide bonds. The van der Waals surface area contributed by atoms with Crippen LogP contribution in [-0.4, -0.2) is 34.9 Å². The highest BCUT2D eigenvalue weighted by atomic mass is 16.3. The third-order valence-electron chi connectivity index (χ3n) is 9.94. The standard InChI is InChI=1S/C44H85NO3/c1-3-5-7-9-10-11-12-13-14-15-16-17-18-19-20-21-22-23-24-25-26-27-28-29-30-31-32-33-34-35-36-37-39-43(47)42(41-46)45-44(48)40-38-8-6-4-2/h33-34,37,39,42-43,46-47H,3-32,35-36,38,40-41H2,1-2H3,(H,45,48)/b34-33+,39-37+. The van der Waals surface area contributed by atoms with Gasteiger partial charge in [-0.25, -0.2) is 0 Å². The van der Waals surface area contributed by atoms with E-state index in [9.17, 15) is 15.0 Å². The quantitative estimate of drug-likeness (QED) is 0.0448. The number of hydrogen-bond acceptors (Lipinski definition) is 3. The lowest BCUT2D eigenvalue weighted by Crippen LogP contribution is -2.45. The maximum absolute atomic E-state index is 12.0. The number of aliphatic hydroxyl groups is 2. The Bertz CT molecular complexity index is 691. The maximum atomic E-state index is 12.0. The first-order valence-corrected chi connectivity index (χ1v) is 21.6. The molecule has 2 atom stereocenters. The molecule has 0 saturated heterocycles. The average molecular weight is 676 g/mol. The number of carbonyl (C=O) groups excluding carboxylic acids is 1. The topological polar surface area (TPSA) is 69.6 Å². The van der Waals surface area contributed by atoms with Gasteiger partial charge in [0.05, 0.1) is 18.8 Å². The first-order valence-electron chi connectivity index (χ1n) is 21.6. The summed E-state index contributed by atoms with van der Waals surface area (Å²) in [6.45, 7) is 4.19. The predicted molar refractivity (Wildman–Crippen MR) is 212 cm³/mol. The van der Waals surface area contributed by atoms with Gasteiger partial charge < -0.3 is 15.5 Å². The van der Waals surface area contributed by atoms with Gasteiger partial charge in [0, 0.05) is 6.42 Å². The summed E-state index contributed by atoms with van der Waals surface area (Å²) in [5.41, 5.74) is 0. The van der Waals surface area contributed by atoms with E-state index in [-0.39, 0.29) is 12.5 Å². The highest BCUT2D eigenvalue weighted by molar-refractivity contribution is 5.76. The van der Waals surface area contributed by atoms with E-state index in [0.717, 1.165) is 44.9 Å². The molecule has 4 heteroatoms. The van der Waals surface area contributed by atoms with E-state index in [1.54, 1.807) is 6.08 Å². The molecule has 0 bridgehead atoms. The Hall–Kier alpha value is -1.13. The summed E-state index contributed by atoms with van der Waals surface area (Å²) < 4.78 is 0. The molecule has 3 N–H and O–H groups in total. The Labute approximate surface area is 300 Å². The summed E-state index contributed by atoms with van der Waals surface area (Å²) in [4.78, 5) is 12.0. The third kappa shape index (κ3) is 36.2. The summed E-state index contributed by atoms with van der Waals surface area (Å²) in [5.74, 6) is -0.0911. The van der Waals surface area contributed by atoms with Gasteiger partial charge in [0.25, 0.3) is 0 Å². The van der Waals surface area contributed by atoms with Crippen molar-refractivity contribution in [2.45, 2.75) is 244 Å². The largest absolute Gasteiger partial charge is 0.394 e. The van der Waals surface area contributed by atoms with Gasteiger partial charge in [0.2, 0.25) is 5.91 Å². The molecular weight excluding hydrogens is 590 g/mol. The van der Waals surface area contributed by atoms with Gasteiger partial charge in [0.15, 0.2) is 0 Å². The molecule has 0 aromatic rings. The summed E-state index contributed by atoms with van der Waals surface area (Å²) in [6.07, 6.45) is 52.2. The minimum absolute atomic E-state index is 0.0911. The van der Waals surface area contributed by atoms with Crippen LogP contribution in [0.3, 0.4) is 0 Å². The van der Waals surface area contributed by atoms with Crippen molar-refractivity contribution in [3.05, 3.63) is 24.3 Å². The van der Waals surface area contributed by atoms with Gasteiger partial charge in [-0.3, -0.25) is 4.79 Å². The summed E-state index contributed by atoms with van der Waals surface area (Å²) in [7, 11) is 0. The zero-order valence-electron chi connectivity index (χ0n) is 32.5. The fraction of sp³-hybridized carbons (Fsp3) is 0.886. The Morgan fingerprint density at radius 3 is 1.21 bits per heavy atom. The lowest BCUT2D eigenvalue weighted by atomic mass is 10.0. The molecule has 48 heavy (non-hydrogen) atoms. The highest BCUT2D eigenvalue weighted by Gasteiger charge is 2.17. The molecule has 0 rings (SSSR count). The van der Waals surface area contributed by atoms with E-state index in [1.165, 1.54) is 167 Å². The molecular formula is C44H85NO3. The van der Waals surface area contributed by atoms with Gasteiger partial charge in [-0.1, -0.05) is 218 Å². The Morgan fingerprint density at radius 2 is 0.812 bits per heavy atom. The molecule has 0 aromatic carbocycles. The van der Waals surface area contributed by atoms with Crippen LogP contribution in [0.1, 0.15) is 232 Å². The van der Waals surface area contributed by atoms with Crippen molar-refractivity contribution in [2.24, 2.45) is 0 Å². The van der Waals surface area contributed by atoms with Crippen LogP contribution < -0.4 is 5.32 Å². The van der Waals surface area contributed by atoms with Gasteiger partial charge in [0.1, 0.15) is 0 Å². The molecule has 4 nitrogen and oxygen atoms in total. The van der Waals surface area contributed by atoms with Crippen molar-refractivity contribution in [1.29, 1.82) is 0 Å². The fourth-order valence-electron chi connectivity index (χ4n) is 6.61. The second-order valence-electron chi connectivity index (χ2n) is 14.8. The van der Waals surface area contributed by atoms with Crippen molar-refractivity contribution in [2.75, 3.05) is 6.61 Å². The molecule has 284 valence electrons. The zero-order chi connectivity index (χ0) is 35.0. The fourth-order valence-corrected chi connectivity index (χ4v) is 6.61. The van der Waals surface area contributed by atoms with Gasteiger partial charge in [-0.15, -0.1) is 0 Å². The SMILES string of the molecule is CCCCCCCCCCCCCCCCCCCCCCCCCCCC/C=C/CC/C=C/C(O)C(CO)NC(=O)CCCCCC. The molecule has 0 aliphatic carbocycles. The molecule has 0 aliphatic rings. The number of carbonyl (C=O) groups is 1. The molecule has 2 unspecified atom stereocenters. The van der Waals surface area contributed by atoms with Crippen molar-refractivity contribution >= 4 is 5.91 Å². The molecule has 0 aliphatic heterocycles. The van der Waals surface area contributed by atoms with Gasteiger partial charge in [-0.05, 0) is 32.1 Å². The maximum Gasteiger partial charge on any atom is 0.220 e. The van der Waals surface area contributed by atoms with Crippen LogP contribution in [0.5, 0.6) is 0 Å². The van der Waals surface area contributed by atoms with Crippen LogP contribution in [0.15, 0.2) is 24.3 Å². The Morgan fingerprint density at radius 1 is 0.479 bits per heavy atom. The third-order valence-corrected chi connectivity index (χ3v) is 9.94. The second-order valence-corrected chi connectivity index (χ2v) is 14.8. The van der Waals surface area contributed by atoms with Crippen LogP contribution in [0.4, 0.5) is 0 Å².